The van der Waals surface area contributed by atoms with E-state index in [1.54, 1.807) is 0 Å². The van der Waals surface area contributed by atoms with Gasteiger partial charge in [0.2, 0.25) is 17.7 Å². The number of nitrogens with one attached hydrogen (secondary N) is 3. The lowest BCUT2D eigenvalue weighted by atomic mass is 10.1. The normalized spacial score (nSPS) is 12.3. The molecule has 0 aromatic rings. The molecule has 0 heterocycles. The van der Waals surface area contributed by atoms with Crippen LogP contribution in [0.25, 0.3) is 0 Å². The Morgan fingerprint density at radius 3 is 2.10 bits per heavy atom. The standard InChI is InChI=1S/C16H32N8O5/c17-6-2-1-4-10(23-13(26)9-22-12(25)8-18)14(27)24-11(15(28)29)5-3-7-21-16(19)20/h10-11H,1-9,17-18H2,(H,22,25)(H,23,26)(H,24,27)(H,28,29)(H4,19,20,21). The second kappa shape index (κ2) is 15.0. The van der Waals surface area contributed by atoms with E-state index in [2.05, 4.69) is 20.9 Å². The summed E-state index contributed by atoms with van der Waals surface area (Å²) in [5, 5.41) is 16.5. The van der Waals surface area contributed by atoms with E-state index in [4.69, 9.17) is 22.9 Å². The van der Waals surface area contributed by atoms with Crippen molar-refractivity contribution in [1.82, 2.24) is 16.0 Å². The van der Waals surface area contributed by atoms with Gasteiger partial charge in [0, 0.05) is 6.54 Å². The molecule has 13 heteroatoms. The van der Waals surface area contributed by atoms with E-state index in [9.17, 15) is 24.3 Å². The van der Waals surface area contributed by atoms with Gasteiger partial charge >= 0.3 is 5.97 Å². The summed E-state index contributed by atoms with van der Waals surface area (Å²) in [4.78, 5) is 50.8. The van der Waals surface area contributed by atoms with Gasteiger partial charge in [0.05, 0.1) is 13.1 Å². The summed E-state index contributed by atoms with van der Waals surface area (Å²) < 4.78 is 0. The third-order valence-electron chi connectivity index (χ3n) is 3.79. The number of carboxylic acid groups (broad SMARTS) is 1. The van der Waals surface area contributed by atoms with E-state index in [0.717, 1.165) is 0 Å². The van der Waals surface area contributed by atoms with Crippen LogP contribution in [-0.2, 0) is 19.2 Å². The van der Waals surface area contributed by atoms with Crippen LogP contribution in [0.2, 0.25) is 0 Å². The Kier molecular flexibility index (Phi) is 13.5. The molecule has 2 unspecified atom stereocenters. The fourth-order valence-electron chi connectivity index (χ4n) is 2.29. The van der Waals surface area contributed by atoms with Gasteiger partial charge in [-0.05, 0) is 38.6 Å². The number of amides is 3. The van der Waals surface area contributed by atoms with Gasteiger partial charge in [-0.3, -0.25) is 19.4 Å². The van der Waals surface area contributed by atoms with Crippen molar-refractivity contribution >= 4 is 29.7 Å². The summed E-state index contributed by atoms with van der Waals surface area (Å²) in [6, 6.07) is -2.13. The second-order valence-electron chi connectivity index (χ2n) is 6.23. The quantitative estimate of drug-likeness (QED) is 0.0742. The molecule has 0 fully saturated rings. The molecule has 3 amide bonds. The Bertz CT molecular complexity index is 580. The van der Waals surface area contributed by atoms with Crippen molar-refractivity contribution in [3.05, 3.63) is 0 Å². The van der Waals surface area contributed by atoms with Gasteiger partial charge in [0.25, 0.3) is 0 Å². The average molecular weight is 416 g/mol. The van der Waals surface area contributed by atoms with Gasteiger partial charge < -0.3 is 44.0 Å². The monoisotopic (exact) mass is 416 g/mol. The summed E-state index contributed by atoms with van der Waals surface area (Å²) in [5.74, 6) is -3.08. The number of nitrogens with two attached hydrogens (primary N) is 4. The summed E-state index contributed by atoms with van der Waals surface area (Å²) >= 11 is 0. The molecule has 0 aliphatic rings. The predicted octanol–water partition coefficient (Wildman–Crippen LogP) is -3.70. The molecule has 0 spiro atoms. The highest BCUT2D eigenvalue weighted by Gasteiger charge is 2.26. The zero-order valence-electron chi connectivity index (χ0n) is 16.4. The van der Waals surface area contributed by atoms with Gasteiger partial charge in [-0.15, -0.1) is 0 Å². The molecule has 2 atom stereocenters. The van der Waals surface area contributed by atoms with Crippen LogP contribution in [0.15, 0.2) is 4.99 Å². The summed E-state index contributed by atoms with van der Waals surface area (Å²) in [7, 11) is 0. The number of carboxylic acids is 1. The number of unbranched alkanes of at least 4 members (excludes halogenated alkanes) is 1. The number of aliphatic imine (C=N–C) groups is 1. The molecule has 0 saturated heterocycles. The third kappa shape index (κ3) is 13.0. The lowest BCUT2D eigenvalue weighted by Gasteiger charge is -2.21. The lowest BCUT2D eigenvalue weighted by molar-refractivity contribution is -0.142. The predicted molar refractivity (Wildman–Crippen MR) is 106 cm³/mol. The number of carbonyl (C=O) groups excluding carboxylic acids is 3. The minimum absolute atomic E-state index is 0.105. The fourth-order valence-corrected chi connectivity index (χ4v) is 2.29. The molecule has 0 radical (unpaired) electrons. The third-order valence-corrected chi connectivity index (χ3v) is 3.79. The van der Waals surface area contributed by atoms with Crippen LogP contribution in [0.3, 0.4) is 0 Å². The highest BCUT2D eigenvalue weighted by molar-refractivity contribution is 5.92. The first-order valence-corrected chi connectivity index (χ1v) is 9.26. The van der Waals surface area contributed by atoms with Crippen molar-refractivity contribution in [2.45, 2.75) is 44.2 Å². The molecule has 0 aliphatic heterocycles. The van der Waals surface area contributed by atoms with E-state index in [1.165, 1.54) is 0 Å². The van der Waals surface area contributed by atoms with E-state index < -0.39 is 35.8 Å². The molecule has 0 aromatic carbocycles. The van der Waals surface area contributed by atoms with Gasteiger partial charge in [-0.2, -0.15) is 0 Å². The van der Waals surface area contributed by atoms with Crippen molar-refractivity contribution in [3.8, 4) is 0 Å². The Labute approximate surface area is 169 Å². The number of nitrogens with zero attached hydrogens (tertiary/aromatic N) is 1. The molecule has 0 aliphatic carbocycles. The number of guanidine groups is 1. The first kappa shape index (κ1) is 26.1. The zero-order valence-corrected chi connectivity index (χ0v) is 16.4. The maximum absolute atomic E-state index is 12.5. The summed E-state index contributed by atoms with van der Waals surface area (Å²) in [5.41, 5.74) is 21.0. The maximum atomic E-state index is 12.5. The summed E-state index contributed by atoms with van der Waals surface area (Å²) in [6.45, 7) is 0.0162. The Hall–Kier alpha value is -2.93. The van der Waals surface area contributed by atoms with Crippen LogP contribution in [0, 0.1) is 0 Å². The van der Waals surface area contributed by atoms with Gasteiger partial charge in [0.1, 0.15) is 12.1 Å². The average Bonchev–Trinajstić information content (AvgIpc) is 2.67. The van der Waals surface area contributed by atoms with Crippen molar-refractivity contribution in [2.24, 2.45) is 27.9 Å². The smallest absolute Gasteiger partial charge is 0.326 e. The molecule has 29 heavy (non-hydrogen) atoms. The molecule has 0 saturated carbocycles. The Morgan fingerprint density at radius 1 is 0.897 bits per heavy atom. The fraction of sp³-hybridized carbons (Fsp3) is 0.688. The van der Waals surface area contributed by atoms with Gasteiger partial charge in [-0.25, -0.2) is 4.79 Å². The van der Waals surface area contributed by atoms with Crippen LogP contribution in [0.4, 0.5) is 0 Å². The van der Waals surface area contributed by atoms with Crippen molar-refractivity contribution in [2.75, 3.05) is 26.2 Å². The summed E-state index contributed by atoms with van der Waals surface area (Å²) in [6.07, 6.45) is 1.88. The van der Waals surface area contributed by atoms with E-state index in [-0.39, 0.29) is 38.4 Å². The number of aliphatic carboxylic acids is 1. The van der Waals surface area contributed by atoms with Crippen LogP contribution in [-0.4, -0.2) is 73.0 Å². The molecule has 166 valence electrons. The first-order valence-electron chi connectivity index (χ1n) is 9.26. The topological polar surface area (TPSA) is 241 Å². The minimum Gasteiger partial charge on any atom is -0.480 e. The first-order chi connectivity index (χ1) is 13.7. The lowest BCUT2D eigenvalue weighted by Crippen LogP contribution is -2.53. The molecule has 0 rings (SSSR count). The Morgan fingerprint density at radius 2 is 1.55 bits per heavy atom. The van der Waals surface area contributed by atoms with E-state index >= 15 is 0 Å². The number of rotatable bonds is 15. The second-order valence-corrected chi connectivity index (χ2v) is 6.23. The van der Waals surface area contributed by atoms with Gasteiger partial charge in [-0.1, -0.05) is 0 Å². The molecule has 0 bridgehead atoms. The van der Waals surface area contributed by atoms with Crippen molar-refractivity contribution in [3.63, 3.8) is 0 Å². The number of hydrogen-bond donors (Lipinski definition) is 8. The van der Waals surface area contributed by atoms with Crippen LogP contribution in [0.5, 0.6) is 0 Å². The molecule has 12 N–H and O–H groups in total. The van der Waals surface area contributed by atoms with Crippen LogP contribution >= 0.6 is 0 Å². The zero-order chi connectivity index (χ0) is 22.2. The highest BCUT2D eigenvalue weighted by Crippen LogP contribution is 2.04. The highest BCUT2D eigenvalue weighted by atomic mass is 16.4. The molecule has 0 aromatic heterocycles. The number of hydrogen-bond acceptors (Lipinski definition) is 7. The molecular formula is C16H32N8O5. The van der Waals surface area contributed by atoms with E-state index in [0.29, 0.717) is 25.8 Å². The Balaban J connectivity index is 4.86. The van der Waals surface area contributed by atoms with E-state index in [1.807, 2.05) is 0 Å². The number of carbonyl (C=O) groups is 4. The van der Waals surface area contributed by atoms with Crippen molar-refractivity contribution < 1.29 is 24.3 Å². The molecule has 13 nitrogen and oxygen atoms in total. The SMILES string of the molecule is NCCCCC(NC(=O)CNC(=O)CN)C(=O)NC(CCCN=C(N)N)C(=O)O. The van der Waals surface area contributed by atoms with Crippen molar-refractivity contribution in [1.29, 1.82) is 0 Å². The largest absolute Gasteiger partial charge is 0.480 e. The van der Waals surface area contributed by atoms with Crippen LogP contribution < -0.4 is 38.9 Å². The van der Waals surface area contributed by atoms with Gasteiger partial charge in [0.15, 0.2) is 5.96 Å². The molecular weight excluding hydrogens is 384 g/mol. The van der Waals surface area contributed by atoms with Crippen LogP contribution in [0.1, 0.15) is 32.1 Å². The minimum atomic E-state index is -1.22. The maximum Gasteiger partial charge on any atom is 0.326 e.